The van der Waals surface area contributed by atoms with Gasteiger partial charge in [0.25, 0.3) is 0 Å². The molecule has 1 fully saturated rings. The van der Waals surface area contributed by atoms with Crippen LogP contribution in [0.25, 0.3) is 0 Å². The molecule has 2 rings (SSSR count). The first-order valence-corrected chi connectivity index (χ1v) is 9.62. The first kappa shape index (κ1) is 15.7. The molecule has 0 heterocycles. The van der Waals surface area contributed by atoms with Crippen molar-refractivity contribution in [2.75, 3.05) is 12.0 Å². The molecule has 0 bridgehead atoms. The largest absolute Gasteiger partial charge is 0.399 e. The number of sulfonamides is 1. The number of nitrogens with two attached hydrogens (primary N) is 1. The van der Waals surface area contributed by atoms with Gasteiger partial charge in [0.15, 0.2) is 0 Å². The zero-order valence-corrected chi connectivity index (χ0v) is 13.6. The van der Waals surface area contributed by atoms with E-state index in [0.29, 0.717) is 10.9 Å². The van der Waals surface area contributed by atoms with Crippen LogP contribution < -0.4 is 10.5 Å². The lowest BCUT2D eigenvalue weighted by molar-refractivity contribution is 0.423. The van der Waals surface area contributed by atoms with Gasteiger partial charge in [-0.15, -0.1) is 0 Å². The maximum atomic E-state index is 12.5. The van der Waals surface area contributed by atoms with Crippen molar-refractivity contribution in [1.82, 2.24) is 4.72 Å². The van der Waals surface area contributed by atoms with Crippen LogP contribution in [0.15, 0.2) is 23.1 Å². The third-order valence-corrected chi connectivity index (χ3v) is 6.33. The number of benzene rings is 1. The Morgan fingerprint density at radius 3 is 2.60 bits per heavy atom. The second-order valence-electron chi connectivity index (χ2n) is 5.37. The number of rotatable bonds is 4. The molecule has 0 radical (unpaired) electrons. The van der Waals surface area contributed by atoms with E-state index in [1.165, 1.54) is 12.5 Å². The summed E-state index contributed by atoms with van der Waals surface area (Å²) in [6.07, 6.45) is 6.29. The second-order valence-corrected chi connectivity index (χ2v) is 8.16. The molecule has 1 saturated carbocycles. The standard InChI is InChI=1S/C14H22N2O2S2/c1-10-7-11(15)9-12(8-10)20(17,18)16-13-5-3-4-6-14(13)19-2/h7-9,13-14,16H,3-6,15H2,1-2H3. The van der Waals surface area contributed by atoms with Crippen LogP contribution >= 0.6 is 11.8 Å². The predicted octanol–water partition coefficient (Wildman–Crippen LogP) is 2.53. The number of anilines is 1. The number of hydrogen-bond donors (Lipinski definition) is 2. The average Bonchev–Trinajstić information content (AvgIpc) is 2.38. The van der Waals surface area contributed by atoms with Crippen LogP contribution in [-0.4, -0.2) is 26.0 Å². The normalized spacial score (nSPS) is 23.7. The van der Waals surface area contributed by atoms with Crippen LogP contribution in [0.4, 0.5) is 5.69 Å². The van der Waals surface area contributed by atoms with Crippen LogP contribution in [0.5, 0.6) is 0 Å². The summed E-state index contributed by atoms with van der Waals surface area (Å²) < 4.78 is 27.8. The minimum absolute atomic E-state index is 0.0190. The lowest BCUT2D eigenvalue weighted by atomic mass is 9.96. The van der Waals surface area contributed by atoms with E-state index in [0.717, 1.165) is 24.8 Å². The second kappa shape index (κ2) is 6.37. The quantitative estimate of drug-likeness (QED) is 0.838. The first-order chi connectivity index (χ1) is 9.42. The molecule has 1 aliphatic rings. The summed E-state index contributed by atoms with van der Waals surface area (Å²) in [5.41, 5.74) is 7.09. The van der Waals surface area contributed by atoms with Gasteiger partial charge in [0.1, 0.15) is 0 Å². The number of nitrogens with one attached hydrogen (secondary N) is 1. The number of thioether (sulfide) groups is 1. The lowest BCUT2D eigenvalue weighted by Gasteiger charge is -2.30. The Balaban J connectivity index is 2.21. The van der Waals surface area contributed by atoms with Gasteiger partial charge in [-0.25, -0.2) is 13.1 Å². The van der Waals surface area contributed by atoms with Crippen molar-refractivity contribution in [3.05, 3.63) is 23.8 Å². The molecule has 112 valence electrons. The van der Waals surface area contributed by atoms with E-state index in [2.05, 4.69) is 4.72 Å². The van der Waals surface area contributed by atoms with E-state index in [1.54, 1.807) is 23.9 Å². The van der Waals surface area contributed by atoms with E-state index in [1.807, 2.05) is 13.2 Å². The molecule has 4 nitrogen and oxygen atoms in total. The van der Waals surface area contributed by atoms with Crippen molar-refractivity contribution in [3.8, 4) is 0 Å². The molecule has 1 aromatic rings. The minimum atomic E-state index is -3.49. The highest BCUT2D eigenvalue weighted by atomic mass is 32.2. The Bertz CT molecular complexity index is 552. The molecule has 0 aliphatic heterocycles. The third kappa shape index (κ3) is 3.68. The van der Waals surface area contributed by atoms with E-state index in [4.69, 9.17) is 5.73 Å². The molecule has 1 aromatic carbocycles. The van der Waals surface area contributed by atoms with Crippen molar-refractivity contribution in [3.63, 3.8) is 0 Å². The molecule has 6 heteroatoms. The lowest BCUT2D eigenvalue weighted by Crippen LogP contribution is -2.43. The van der Waals surface area contributed by atoms with Crippen LogP contribution in [0.3, 0.4) is 0 Å². The number of nitrogen functional groups attached to an aromatic ring is 1. The smallest absolute Gasteiger partial charge is 0.240 e. The van der Waals surface area contributed by atoms with Crippen molar-refractivity contribution in [1.29, 1.82) is 0 Å². The molecule has 2 atom stereocenters. The van der Waals surface area contributed by atoms with E-state index in [9.17, 15) is 8.42 Å². The summed E-state index contributed by atoms with van der Waals surface area (Å²) in [7, 11) is -3.49. The maximum Gasteiger partial charge on any atom is 0.240 e. The van der Waals surface area contributed by atoms with Crippen LogP contribution in [0.1, 0.15) is 31.2 Å². The summed E-state index contributed by atoms with van der Waals surface area (Å²) >= 11 is 1.74. The molecular weight excluding hydrogens is 292 g/mol. The summed E-state index contributed by atoms with van der Waals surface area (Å²) in [6, 6.07) is 4.97. The van der Waals surface area contributed by atoms with Gasteiger partial charge in [-0.1, -0.05) is 12.8 Å². The van der Waals surface area contributed by atoms with E-state index >= 15 is 0 Å². The highest BCUT2D eigenvalue weighted by Crippen LogP contribution is 2.28. The van der Waals surface area contributed by atoms with Crippen molar-refractivity contribution < 1.29 is 8.42 Å². The highest BCUT2D eigenvalue weighted by molar-refractivity contribution is 7.99. The average molecular weight is 314 g/mol. The Morgan fingerprint density at radius 1 is 1.25 bits per heavy atom. The van der Waals surface area contributed by atoms with Gasteiger partial charge in [0, 0.05) is 17.0 Å². The molecule has 20 heavy (non-hydrogen) atoms. The van der Waals surface area contributed by atoms with Crippen molar-refractivity contribution >= 4 is 27.5 Å². The SMILES string of the molecule is CSC1CCCCC1NS(=O)(=O)c1cc(C)cc(N)c1. The summed E-state index contributed by atoms with van der Waals surface area (Å²) in [4.78, 5) is 0.264. The van der Waals surface area contributed by atoms with E-state index < -0.39 is 10.0 Å². The fourth-order valence-corrected chi connectivity index (χ4v) is 5.18. The molecule has 0 aromatic heterocycles. The minimum Gasteiger partial charge on any atom is -0.399 e. The monoisotopic (exact) mass is 314 g/mol. The molecule has 3 N–H and O–H groups in total. The van der Waals surface area contributed by atoms with Crippen LogP contribution in [-0.2, 0) is 10.0 Å². The molecule has 0 saturated heterocycles. The Morgan fingerprint density at radius 2 is 1.95 bits per heavy atom. The summed E-state index contributed by atoms with van der Waals surface area (Å²) in [5.74, 6) is 0. The number of hydrogen-bond acceptors (Lipinski definition) is 4. The fourth-order valence-electron chi connectivity index (χ4n) is 2.71. The highest BCUT2D eigenvalue weighted by Gasteiger charge is 2.29. The van der Waals surface area contributed by atoms with Crippen molar-refractivity contribution in [2.45, 2.75) is 48.8 Å². The van der Waals surface area contributed by atoms with E-state index in [-0.39, 0.29) is 10.9 Å². The molecule has 2 unspecified atom stereocenters. The predicted molar refractivity (Wildman–Crippen MR) is 85.5 cm³/mol. The maximum absolute atomic E-state index is 12.5. The van der Waals surface area contributed by atoms with Gasteiger partial charge in [0.05, 0.1) is 4.90 Å². The third-order valence-electron chi connectivity index (χ3n) is 3.70. The number of aryl methyl sites for hydroxylation is 1. The molecule has 0 amide bonds. The van der Waals surface area contributed by atoms with Crippen LogP contribution in [0, 0.1) is 6.92 Å². The Hall–Kier alpha value is -0.720. The van der Waals surface area contributed by atoms with Gasteiger partial charge in [0.2, 0.25) is 10.0 Å². The summed E-state index contributed by atoms with van der Waals surface area (Å²) in [6.45, 7) is 1.85. The zero-order valence-electron chi connectivity index (χ0n) is 11.9. The Labute approximate surface area is 125 Å². The molecule has 0 spiro atoms. The molecular formula is C14H22N2O2S2. The molecule has 1 aliphatic carbocycles. The van der Waals surface area contributed by atoms with Gasteiger partial charge >= 0.3 is 0 Å². The fraction of sp³-hybridized carbons (Fsp3) is 0.571. The topological polar surface area (TPSA) is 72.2 Å². The van der Waals surface area contributed by atoms with Gasteiger partial charge < -0.3 is 5.73 Å². The summed E-state index contributed by atoms with van der Waals surface area (Å²) in [5, 5.41) is 0.362. The zero-order chi connectivity index (χ0) is 14.8. The van der Waals surface area contributed by atoms with Gasteiger partial charge in [-0.3, -0.25) is 0 Å². The van der Waals surface area contributed by atoms with Crippen LogP contribution in [0.2, 0.25) is 0 Å². The van der Waals surface area contributed by atoms with Gasteiger partial charge in [-0.2, -0.15) is 11.8 Å². The van der Waals surface area contributed by atoms with Gasteiger partial charge in [-0.05, 0) is 49.8 Å². The Kier molecular flexibility index (Phi) is 4.99. The van der Waals surface area contributed by atoms with Crippen molar-refractivity contribution in [2.24, 2.45) is 0 Å². The first-order valence-electron chi connectivity index (χ1n) is 6.84.